The van der Waals surface area contributed by atoms with Crippen molar-refractivity contribution >= 4 is 15.9 Å². The van der Waals surface area contributed by atoms with Crippen LogP contribution in [0.25, 0.3) is 0 Å². The highest BCUT2D eigenvalue weighted by Crippen LogP contribution is 2.18. The van der Waals surface area contributed by atoms with E-state index in [1.165, 1.54) is 11.1 Å². The van der Waals surface area contributed by atoms with E-state index in [1.807, 2.05) is 24.3 Å². The van der Waals surface area contributed by atoms with Crippen molar-refractivity contribution in [2.45, 2.75) is 13.3 Å². The van der Waals surface area contributed by atoms with Gasteiger partial charge in [-0.2, -0.15) is 0 Å². The highest BCUT2D eigenvalue weighted by molar-refractivity contribution is 9.10. The molecule has 0 amide bonds. The SMILES string of the molecule is Cc1ccccc1CCOc1cccc(Br)c1. The molecule has 0 saturated carbocycles. The molecule has 2 aromatic rings. The molecule has 0 atom stereocenters. The molecule has 0 aliphatic rings. The first-order valence-electron chi connectivity index (χ1n) is 5.68. The molecule has 0 aromatic heterocycles. The Balaban J connectivity index is 1.90. The van der Waals surface area contributed by atoms with Gasteiger partial charge in [0.05, 0.1) is 6.61 Å². The molecule has 0 fully saturated rings. The van der Waals surface area contributed by atoms with E-state index in [0.717, 1.165) is 16.6 Å². The van der Waals surface area contributed by atoms with Crippen LogP contribution in [-0.2, 0) is 6.42 Å². The number of rotatable bonds is 4. The third-order valence-electron chi connectivity index (χ3n) is 2.70. The van der Waals surface area contributed by atoms with Crippen molar-refractivity contribution in [1.82, 2.24) is 0 Å². The van der Waals surface area contributed by atoms with Crippen LogP contribution in [-0.4, -0.2) is 6.61 Å². The van der Waals surface area contributed by atoms with Crippen LogP contribution in [0.3, 0.4) is 0 Å². The van der Waals surface area contributed by atoms with E-state index in [0.29, 0.717) is 6.61 Å². The summed E-state index contributed by atoms with van der Waals surface area (Å²) in [6.45, 7) is 2.84. The molecule has 0 aliphatic carbocycles. The molecular weight excluding hydrogens is 276 g/mol. The molecule has 2 aromatic carbocycles. The van der Waals surface area contributed by atoms with Gasteiger partial charge in [0.2, 0.25) is 0 Å². The van der Waals surface area contributed by atoms with Crippen molar-refractivity contribution in [3.05, 3.63) is 64.1 Å². The van der Waals surface area contributed by atoms with Crippen LogP contribution in [0.5, 0.6) is 5.75 Å². The lowest BCUT2D eigenvalue weighted by Gasteiger charge is -2.08. The number of halogens is 1. The Morgan fingerprint density at radius 1 is 1.06 bits per heavy atom. The van der Waals surface area contributed by atoms with Crippen LogP contribution in [0.1, 0.15) is 11.1 Å². The molecule has 0 aliphatic heterocycles. The Bertz CT molecular complexity index is 494. The van der Waals surface area contributed by atoms with Crippen molar-refractivity contribution in [2.75, 3.05) is 6.61 Å². The van der Waals surface area contributed by atoms with E-state index in [4.69, 9.17) is 4.74 Å². The molecule has 88 valence electrons. The third-order valence-corrected chi connectivity index (χ3v) is 3.19. The van der Waals surface area contributed by atoms with Crippen LogP contribution < -0.4 is 4.74 Å². The molecule has 0 heterocycles. The standard InChI is InChI=1S/C15H15BrO/c1-12-5-2-3-6-13(12)9-10-17-15-8-4-7-14(16)11-15/h2-8,11H,9-10H2,1H3. The zero-order chi connectivity index (χ0) is 12.1. The summed E-state index contributed by atoms with van der Waals surface area (Å²) in [6, 6.07) is 16.4. The summed E-state index contributed by atoms with van der Waals surface area (Å²) in [5.41, 5.74) is 2.67. The third kappa shape index (κ3) is 3.60. The van der Waals surface area contributed by atoms with E-state index in [9.17, 15) is 0 Å². The Morgan fingerprint density at radius 2 is 1.88 bits per heavy atom. The summed E-state index contributed by atoms with van der Waals surface area (Å²) in [5, 5.41) is 0. The van der Waals surface area contributed by atoms with Gasteiger partial charge in [-0.1, -0.05) is 46.3 Å². The summed E-state index contributed by atoms with van der Waals surface area (Å²) < 4.78 is 6.76. The Labute approximate surface area is 111 Å². The molecule has 0 unspecified atom stereocenters. The van der Waals surface area contributed by atoms with Gasteiger partial charge in [-0.15, -0.1) is 0 Å². The lowest BCUT2D eigenvalue weighted by molar-refractivity contribution is 0.321. The average Bonchev–Trinajstić information content (AvgIpc) is 2.32. The van der Waals surface area contributed by atoms with Crippen molar-refractivity contribution in [3.63, 3.8) is 0 Å². The zero-order valence-electron chi connectivity index (χ0n) is 9.82. The van der Waals surface area contributed by atoms with Gasteiger partial charge in [0.25, 0.3) is 0 Å². The molecule has 0 N–H and O–H groups in total. The molecule has 2 rings (SSSR count). The number of hydrogen-bond donors (Lipinski definition) is 0. The van der Waals surface area contributed by atoms with Gasteiger partial charge in [0, 0.05) is 10.9 Å². The summed E-state index contributed by atoms with van der Waals surface area (Å²) in [5.74, 6) is 0.910. The summed E-state index contributed by atoms with van der Waals surface area (Å²) in [6.07, 6.45) is 0.944. The maximum absolute atomic E-state index is 5.72. The number of benzene rings is 2. The van der Waals surface area contributed by atoms with E-state index >= 15 is 0 Å². The van der Waals surface area contributed by atoms with Crippen LogP contribution in [0.4, 0.5) is 0 Å². The van der Waals surface area contributed by atoms with Crippen molar-refractivity contribution < 1.29 is 4.74 Å². The van der Waals surface area contributed by atoms with Gasteiger partial charge in [0.15, 0.2) is 0 Å². The van der Waals surface area contributed by atoms with Crippen molar-refractivity contribution in [1.29, 1.82) is 0 Å². The number of aryl methyl sites for hydroxylation is 1. The normalized spacial score (nSPS) is 10.2. The fraction of sp³-hybridized carbons (Fsp3) is 0.200. The maximum Gasteiger partial charge on any atom is 0.120 e. The van der Waals surface area contributed by atoms with Gasteiger partial charge in [-0.3, -0.25) is 0 Å². The van der Waals surface area contributed by atoms with Gasteiger partial charge in [0.1, 0.15) is 5.75 Å². The summed E-state index contributed by atoms with van der Waals surface area (Å²) in [7, 11) is 0. The first-order chi connectivity index (χ1) is 8.25. The van der Waals surface area contributed by atoms with Crippen LogP contribution >= 0.6 is 15.9 Å². The second kappa shape index (κ2) is 5.87. The lowest BCUT2D eigenvalue weighted by Crippen LogP contribution is -2.02. The van der Waals surface area contributed by atoms with E-state index < -0.39 is 0 Å². The molecule has 0 bridgehead atoms. The van der Waals surface area contributed by atoms with Gasteiger partial charge in [-0.25, -0.2) is 0 Å². The zero-order valence-corrected chi connectivity index (χ0v) is 11.4. The van der Waals surface area contributed by atoms with Crippen LogP contribution in [0, 0.1) is 6.92 Å². The molecule has 0 spiro atoms. The molecule has 0 saturated heterocycles. The average molecular weight is 291 g/mol. The Hall–Kier alpha value is -1.28. The predicted molar refractivity (Wildman–Crippen MR) is 74.5 cm³/mol. The second-order valence-corrected chi connectivity index (χ2v) is 4.90. The van der Waals surface area contributed by atoms with E-state index in [2.05, 4.69) is 47.1 Å². The Morgan fingerprint density at radius 3 is 2.65 bits per heavy atom. The molecule has 17 heavy (non-hydrogen) atoms. The van der Waals surface area contributed by atoms with Crippen LogP contribution in [0.2, 0.25) is 0 Å². The van der Waals surface area contributed by atoms with Gasteiger partial charge < -0.3 is 4.74 Å². The molecule has 2 heteroatoms. The predicted octanol–water partition coefficient (Wildman–Crippen LogP) is 4.38. The fourth-order valence-electron chi connectivity index (χ4n) is 1.73. The maximum atomic E-state index is 5.72. The largest absolute Gasteiger partial charge is 0.493 e. The highest BCUT2D eigenvalue weighted by atomic mass is 79.9. The minimum atomic E-state index is 0.710. The first kappa shape index (κ1) is 12.2. The summed E-state index contributed by atoms with van der Waals surface area (Å²) >= 11 is 3.43. The molecule has 0 radical (unpaired) electrons. The molecular formula is C15H15BrO. The highest BCUT2D eigenvalue weighted by Gasteiger charge is 1.98. The Kier molecular flexibility index (Phi) is 4.21. The van der Waals surface area contributed by atoms with Crippen molar-refractivity contribution in [2.24, 2.45) is 0 Å². The number of ether oxygens (including phenoxy) is 1. The topological polar surface area (TPSA) is 9.23 Å². The van der Waals surface area contributed by atoms with Crippen molar-refractivity contribution in [3.8, 4) is 5.75 Å². The smallest absolute Gasteiger partial charge is 0.120 e. The number of hydrogen-bond acceptors (Lipinski definition) is 1. The first-order valence-corrected chi connectivity index (χ1v) is 6.48. The minimum Gasteiger partial charge on any atom is -0.493 e. The fourth-order valence-corrected chi connectivity index (χ4v) is 2.10. The quantitative estimate of drug-likeness (QED) is 0.812. The second-order valence-electron chi connectivity index (χ2n) is 3.98. The van der Waals surface area contributed by atoms with Gasteiger partial charge >= 0.3 is 0 Å². The van der Waals surface area contributed by atoms with E-state index in [-0.39, 0.29) is 0 Å². The van der Waals surface area contributed by atoms with Crippen LogP contribution in [0.15, 0.2) is 53.0 Å². The molecule has 1 nitrogen and oxygen atoms in total. The monoisotopic (exact) mass is 290 g/mol. The summed E-state index contributed by atoms with van der Waals surface area (Å²) in [4.78, 5) is 0. The lowest BCUT2D eigenvalue weighted by atomic mass is 10.1. The minimum absolute atomic E-state index is 0.710. The van der Waals surface area contributed by atoms with E-state index in [1.54, 1.807) is 0 Å². The van der Waals surface area contributed by atoms with Gasteiger partial charge in [-0.05, 0) is 36.2 Å².